The van der Waals surface area contributed by atoms with E-state index in [1.54, 1.807) is 13.8 Å². The van der Waals surface area contributed by atoms with Crippen molar-refractivity contribution in [3.63, 3.8) is 0 Å². The lowest BCUT2D eigenvalue weighted by atomic mass is 10.1. The molecule has 2 aromatic carbocycles. The van der Waals surface area contributed by atoms with Gasteiger partial charge in [0, 0.05) is 24.2 Å². The zero-order valence-corrected chi connectivity index (χ0v) is 20.1. The first-order valence-electron chi connectivity index (χ1n) is 10.8. The maximum absolute atomic E-state index is 12.5. The number of rotatable bonds is 10. The molecule has 0 aliphatic rings. The maximum atomic E-state index is 12.5. The molecule has 3 aromatic rings. The molecule has 0 aliphatic heterocycles. The Hall–Kier alpha value is -3.50. The van der Waals surface area contributed by atoms with E-state index in [2.05, 4.69) is 10.3 Å². The Morgan fingerprint density at radius 2 is 1.68 bits per heavy atom. The molecule has 0 fully saturated rings. The number of benzene rings is 2. The zero-order chi connectivity index (χ0) is 24.7. The minimum atomic E-state index is -3.61. The van der Waals surface area contributed by atoms with Crippen LogP contribution >= 0.6 is 0 Å². The van der Waals surface area contributed by atoms with E-state index in [1.165, 1.54) is 34.8 Å². The fourth-order valence-corrected chi connectivity index (χ4v) is 4.61. The van der Waals surface area contributed by atoms with Crippen molar-refractivity contribution in [2.45, 2.75) is 32.3 Å². The van der Waals surface area contributed by atoms with E-state index in [0.29, 0.717) is 24.7 Å². The number of nitrogens with one attached hydrogen (secondary N) is 1. The molecule has 34 heavy (non-hydrogen) atoms. The first-order chi connectivity index (χ1) is 16.2. The van der Waals surface area contributed by atoms with Crippen LogP contribution in [0, 0.1) is 6.92 Å². The molecular weight excluding hydrogens is 458 g/mol. The molecule has 3 rings (SSSR count). The van der Waals surface area contributed by atoms with Gasteiger partial charge in [-0.2, -0.15) is 4.31 Å². The van der Waals surface area contributed by atoms with Crippen molar-refractivity contribution in [3.05, 3.63) is 71.6 Å². The maximum Gasteiger partial charge on any atom is 0.325 e. The highest BCUT2D eigenvalue weighted by atomic mass is 32.2. The number of aromatic nitrogens is 1. The molecule has 0 atom stereocenters. The summed E-state index contributed by atoms with van der Waals surface area (Å²) in [5.74, 6) is -0.744. The minimum Gasteiger partial charge on any atom is -0.458 e. The number of hydrogen-bond donors (Lipinski definition) is 1. The van der Waals surface area contributed by atoms with Crippen molar-refractivity contribution < 1.29 is 27.2 Å². The molecule has 0 bridgehead atoms. The van der Waals surface area contributed by atoms with E-state index >= 15 is 0 Å². The summed E-state index contributed by atoms with van der Waals surface area (Å²) in [6.45, 7) is 5.76. The third-order valence-corrected chi connectivity index (χ3v) is 7.15. The third-order valence-electron chi connectivity index (χ3n) is 5.08. The van der Waals surface area contributed by atoms with Gasteiger partial charge in [-0.15, -0.1) is 0 Å². The van der Waals surface area contributed by atoms with E-state index in [0.717, 1.165) is 11.1 Å². The predicted octanol–water partition coefficient (Wildman–Crippen LogP) is 3.15. The van der Waals surface area contributed by atoms with Gasteiger partial charge in [0.05, 0.1) is 4.90 Å². The molecule has 1 N–H and O–H groups in total. The van der Waals surface area contributed by atoms with Crippen molar-refractivity contribution in [1.29, 1.82) is 0 Å². The molecule has 1 aromatic heterocycles. The number of amides is 1. The normalized spacial score (nSPS) is 11.4. The number of nitrogens with zero attached hydrogens (tertiary/aromatic N) is 2. The largest absolute Gasteiger partial charge is 0.458 e. The number of oxazole rings is 1. The van der Waals surface area contributed by atoms with Crippen LogP contribution < -0.4 is 5.32 Å². The second-order valence-electron chi connectivity index (χ2n) is 7.47. The lowest BCUT2D eigenvalue weighted by Crippen LogP contribution is -2.31. The van der Waals surface area contributed by atoms with E-state index < -0.39 is 21.9 Å². The average molecular weight is 486 g/mol. The van der Waals surface area contributed by atoms with Crippen LogP contribution in [0.3, 0.4) is 0 Å². The molecule has 0 aliphatic carbocycles. The molecule has 0 spiro atoms. The molecular formula is C24H27N3O6S. The Balaban J connectivity index is 1.49. The number of carbonyl (C=O) groups is 2. The van der Waals surface area contributed by atoms with Gasteiger partial charge in [-0.1, -0.05) is 31.5 Å². The fourth-order valence-electron chi connectivity index (χ4n) is 3.15. The van der Waals surface area contributed by atoms with E-state index in [-0.39, 0.29) is 23.6 Å². The van der Waals surface area contributed by atoms with E-state index in [4.69, 9.17) is 9.15 Å². The molecule has 180 valence electrons. The number of carbonyl (C=O) groups excluding carboxylic acids is 2. The Labute approximate surface area is 198 Å². The van der Waals surface area contributed by atoms with Crippen molar-refractivity contribution in [3.8, 4) is 11.5 Å². The van der Waals surface area contributed by atoms with Crippen LogP contribution in [0.25, 0.3) is 11.5 Å². The molecule has 9 nitrogen and oxygen atoms in total. The Kier molecular flexibility index (Phi) is 8.19. The highest BCUT2D eigenvalue weighted by Gasteiger charge is 2.21. The number of esters is 1. The summed E-state index contributed by atoms with van der Waals surface area (Å²) in [5.41, 5.74) is 2.60. The summed E-state index contributed by atoms with van der Waals surface area (Å²) in [6, 6.07) is 13.2. The summed E-state index contributed by atoms with van der Waals surface area (Å²) < 4.78 is 36.9. The number of sulfonamides is 1. The van der Waals surface area contributed by atoms with Gasteiger partial charge in [0.15, 0.2) is 0 Å². The molecule has 1 heterocycles. The Bertz CT molecular complexity index is 1230. The van der Waals surface area contributed by atoms with Gasteiger partial charge >= 0.3 is 5.97 Å². The molecule has 0 unspecified atom stereocenters. The van der Waals surface area contributed by atoms with Gasteiger partial charge in [-0.05, 0) is 43.3 Å². The summed E-state index contributed by atoms with van der Waals surface area (Å²) in [7, 11) is -3.61. The highest BCUT2D eigenvalue weighted by molar-refractivity contribution is 7.89. The monoisotopic (exact) mass is 485 g/mol. The van der Waals surface area contributed by atoms with Crippen LogP contribution in [-0.2, 0) is 26.2 Å². The average Bonchev–Trinajstić information content (AvgIpc) is 3.31. The van der Waals surface area contributed by atoms with Crippen LogP contribution in [0.15, 0.2) is 64.1 Å². The topological polar surface area (TPSA) is 119 Å². The molecule has 0 saturated heterocycles. The summed E-state index contributed by atoms with van der Waals surface area (Å²) >= 11 is 0. The van der Waals surface area contributed by atoms with Gasteiger partial charge < -0.3 is 14.5 Å². The van der Waals surface area contributed by atoms with Crippen molar-refractivity contribution in [2.24, 2.45) is 0 Å². The number of ether oxygens (including phenoxy) is 1. The highest BCUT2D eigenvalue weighted by Crippen LogP contribution is 2.19. The second-order valence-corrected chi connectivity index (χ2v) is 9.41. The smallest absolute Gasteiger partial charge is 0.325 e. The lowest BCUT2D eigenvalue weighted by molar-refractivity contribution is -0.143. The number of hydrogen-bond acceptors (Lipinski definition) is 7. The summed E-state index contributed by atoms with van der Waals surface area (Å²) in [5, 5.41) is 2.46. The minimum absolute atomic E-state index is 0.0953. The number of aryl methyl sites for hydroxylation is 1. The van der Waals surface area contributed by atoms with Gasteiger partial charge in [0.25, 0.3) is 5.91 Å². The second kappa shape index (κ2) is 11.1. The molecule has 10 heteroatoms. The predicted molar refractivity (Wildman–Crippen MR) is 125 cm³/mol. The van der Waals surface area contributed by atoms with Crippen LogP contribution in [0.2, 0.25) is 0 Å². The van der Waals surface area contributed by atoms with E-state index in [9.17, 15) is 18.0 Å². The van der Waals surface area contributed by atoms with Crippen LogP contribution in [-0.4, -0.2) is 49.2 Å². The quantitative estimate of drug-likeness (QED) is 0.438. The molecule has 0 radical (unpaired) electrons. The Morgan fingerprint density at radius 3 is 2.29 bits per heavy atom. The third kappa shape index (κ3) is 6.09. The van der Waals surface area contributed by atoms with Crippen molar-refractivity contribution >= 4 is 21.9 Å². The van der Waals surface area contributed by atoms with Gasteiger partial charge in [0.2, 0.25) is 15.9 Å². The fraction of sp³-hybridized carbons (Fsp3) is 0.292. The lowest BCUT2D eigenvalue weighted by Gasteiger charge is -2.18. The van der Waals surface area contributed by atoms with Crippen LogP contribution in [0.4, 0.5) is 0 Å². The zero-order valence-electron chi connectivity index (χ0n) is 19.3. The van der Waals surface area contributed by atoms with Crippen molar-refractivity contribution in [2.75, 3.05) is 19.6 Å². The SMILES string of the molecule is CCN(CC)S(=O)(=O)c1ccc(C(=O)NCC(=O)OCc2coc(-c3ccc(C)cc3)n2)cc1. The van der Waals surface area contributed by atoms with Gasteiger partial charge in [0.1, 0.15) is 25.1 Å². The van der Waals surface area contributed by atoms with Crippen LogP contribution in [0.1, 0.15) is 35.5 Å². The first kappa shape index (κ1) is 25.1. The first-order valence-corrected chi connectivity index (χ1v) is 12.2. The van der Waals surface area contributed by atoms with E-state index in [1.807, 2.05) is 31.2 Å². The van der Waals surface area contributed by atoms with Crippen molar-refractivity contribution in [1.82, 2.24) is 14.6 Å². The molecule has 0 saturated carbocycles. The van der Waals surface area contributed by atoms with Gasteiger partial charge in [-0.25, -0.2) is 13.4 Å². The summed E-state index contributed by atoms with van der Waals surface area (Å²) in [6.07, 6.45) is 1.41. The van der Waals surface area contributed by atoms with Crippen LogP contribution in [0.5, 0.6) is 0 Å². The standard InChI is InChI=1S/C24H27N3O6S/c1-4-27(5-2)34(30,31)21-12-10-18(11-13-21)23(29)25-14-22(28)32-15-20-16-33-24(26-20)19-8-6-17(3)7-9-19/h6-13,16H,4-5,14-15H2,1-3H3,(H,25,29). The van der Waals surface area contributed by atoms with Gasteiger partial charge in [-0.3, -0.25) is 9.59 Å². The summed E-state index contributed by atoms with van der Waals surface area (Å²) in [4.78, 5) is 28.7. The Morgan fingerprint density at radius 1 is 1.03 bits per heavy atom. The molecule has 1 amide bonds.